The van der Waals surface area contributed by atoms with E-state index in [-0.39, 0.29) is 11.4 Å². The first-order chi connectivity index (χ1) is 9.59. The number of carbonyl (C=O) groups is 1. The molecule has 0 saturated carbocycles. The molecule has 0 aromatic rings. The molecule has 0 unspecified atom stereocenters. The van der Waals surface area contributed by atoms with Crippen molar-refractivity contribution in [3.8, 4) is 0 Å². The second-order valence-electron chi connectivity index (χ2n) is 4.73. The molecule has 0 aromatic carbocycles. The van der Waals surface area contributed by atoms with Crippen LogP contribution in [0.25, 0.3) is 0 Å². The lowest BCUT2D eigenvalue weighted by atomic mass is 9.85. The summed E-state index contributed by atoms with van der Waals surface area (Å²) in [7, 11) is 0. The molecule has 0 spiro atoms. The van der Waals surface area contributed by atoms with Gasteiger partial charge in [0.1, 0.15) is 6.61 Å². The molecule has 0 aromatic heterocycles. The highest BCUT2D eigenvalue weighted by molar-refractivity contribution is 8.33. The fourth-order valence-electron chi connectivity index (χ4n) is 1.59. The summed E-state index contributed by atoms with van der Waals surface area (Å²) >= 11 is 6.96. The van der Waals surface area contributed by atoms with E-state index in [0.29, 0.717) is 6.61 Å². The molecule has 6 heteroatoms. The van der Waals surface area contributed by atoms with Crippen LogP contribution in [0.3, 0.4) is 0 Å². The van der Waals surface area contributed by atoms with Gasteiger partial charge < -0.3 is 4.74 Å². The zero-order valence-electron chi connectivity index (χ0n) is 11.8. The van der Waals surface area contributed by atoms with E-state index in [1.807, 2.05) is 20.8 Å². The summed E-state index contributed by atoms with van der Waals surface area (Å²) in [4.78, 5) is 13.2. The van der Waals surface area contributed by atoms with Crippen LogP contribution in [0.15, 0.2) is 29.6 Å². The molecule has 0 aliphatic carbocycles. The fourth-order valence-corrected chi connectivity index (χ4v) is 5.98. The van der Waals surface area contributed by atoms with Crippen LogP contribution in [0.5, 0.6) is 0 Å². The van der Waals surface area contributed by atoms with Crippen molar-refractivity contribution in [1.29, 1.82) is 0 Å². The molecule has 0 radical (unpaired) electrons. The van der Waals surface area contributed by atoms with Crippen LogP contribution in [0.2, 0.25) is 0 Å². The Morgan fingerprint density at radius 2 is 1.80 bits per heavy atom. The summed E-state index contributed by atoms with van der Waals surface area (Å²) in [5.74, 6) is -0.0820. The molecule has 110 valence electrons. The van der Waals surface area contributed by atoms with Gasteiger partial charge in [0.25, 0.3) is 0 Å². The van der Waals surface area contributed by atoms with Crippen molar-refractivity contribution >= 4 is 53.0 Å². The van der Waals surface area contributed by atoms with Gasteiger partial charge in [0.15, 0.2) is 0 Å². The van der Waals surface area contributed by atoms with Gasteiger partial charge in [-0.05, 0) is 36.0 Å². The van der Waals surface area contributed by atoms with Gasteiger partial charge in [-0.25, -0.2) is 0 Å². The maximum atomic E-state index is 12.1. The molecule has 2 aliphatic rings. The van der Waals surface area contributed by atoms with Gasteiger partial charge in [0.05, 0.1) is 13.9 Å². The summed E-state index contributed by atoms with van der Waals surface area (Å²) in [5, 5.41) is 6.29. The van der Waals surface area contributed by atoms with E-state index in [4.69, 9.17) is 4.74 Å². The average molecular weight is 347 g/mol. The predicted octanol–water partition coefficient (Wildman–Crippen LogP) is 5.76. The van der Waals surface area contributed by atoms with E-state index < -0.39 is 0 Å². The minimum atomic E-state index is -0.348. The smallest absolute Gasteiger partial charge is 0.312 e. The molecule has 0 bridgehead atoms. The molecule has 0 atom stereocenters. The van der Waals surface area contributed by atoms with Crippen molar-refractivity contribution in [3.05, 3.63) is 29.6 Å². The summed E-state index contributed by atoms with van der Waals surface area (Å²) in [5.41, 5.74) is -0.348. The van der Waals surface area contributed by atoms with Crippen molar-refractivity contribution in [2.75, 3.05) is 6.61 Å². The molecule has 20 heavy (non-hydrogen) atoms. The van der Waals surface area contributed by atoms with Crippen LogP contribution in [0.1, 0.15) is 33.6 Å². The van der Waals surface area contributed by atoms with E-state index in [9.17, 15) is 4.79 Å². The number of esters is 1. The van der Waals surface area contributed by atoms with Gasteiger partial charge in [0, 0.05) is 4.91 Å². The van der Waals surface area contributed by atoms with Crippen molar-refractivity contribution < 1.29 is 9.53 Å². The van der Waals surface area contributed by atoms with Crippen molar-refractivity contribution in [3.63, 3.8) is 0 Å². The van der Waals surface area contributed by atoms with Gasteiger partial charge in [0.2, 0.25) is 0 Å². The number of hydrogen-bond acceptors (Lipinski definition) is 6. The SMILES string of the molecule is CCC(C)(CC)C(=O)OCC1=CSC(=C2SC=CS2)S1. The van der Waals surface area contributed by atoms with Crippen LogP contribution in [-0.4, -0.2) is 12.6 Å². The Bertz CT molecular complexity index is 466. The Kier molecular flexibility index (Phi) is 6.08. The summed E-state index contributed by atoms with van der Waals surface area (Å²) in [6, 6.07) is 0. The monoisotopic (exact) mass is 346 g/mol. The maximum absolute atomic E-state index is 12.1. The quantitative estimate of drug-likeness (QED) is 0.588. The van der Waals surface area contributed by atoms with E-state index >= 15 is 0 Å². The predicted molar refractivity (Wildman–Crippen MR) is 94.3 cm³/mol. The Morgan fingerprint density at radius 3 is 2.40 bits per heavy atom. The molecular weight excluding hydrogens is 328 g/mol. The summed E-state index contributed by atoms with van der Waals surface area (Å²) in [6.07, 6.45) is 1.63. The topological polar surface area (TPSA) is 26.3 Å². The first-order valence-corrected chi connectivity index (χ1v) is 9.98. The third-order valence-corrected chi connectivity index (χ3v) is 8.54. The van der Waals surface area contributed by atoms with E-state index in [1.165, 1.54) is 8.47 Å². The van der Waals surface area contributed by atoms with Crippen LogP contribution in [0.4, 0.5) is 0 Å². The average Bonchev–Trinajstić information content (AvgIpc) is 3.14. The minimum Gasteiger partial charge on any atom is -0.460 e. The standard InChI is InChI=1S/C14H18O2S4/c1-4-14(3,5-2)13(15)16-8-10-9-19-12(20-10)11-17-6-7-18-11/h6-7,9H,4-5,8H2,1-3H3. The Morgan fingerprint density at radius 1 is 1.15 bits per heavy atom. The van der Waals surface area contributed by atoms with Gasteiger partial charge in [-0.15, -0.1) is 0 Å². The summed E-state index contributed by atoms with van der Waals surface area (Å²) in [6.45, 7) is 6.44. The third kappa shape index (κ3) is 3.84. The van der Waals surface area contributed by atoms with Crippen LogP contribution >= 0.6 is 47.0 Å². The third-order valence-electron chi connectivity index (χ3n) is 3.49. The molecular formula is C14H18O2S4. The van der Waals surface area contributed by atoms with Crippen LogP contribution in [0, 0.1) is 5.41 Å². The van der Waals surface area contributed by atoms with Gasteiger partial charge in [-0.1, -0.05) is 60.9 Å². The highest BCUT2D eigenvalue weighted by atomic mass is 32.2. The molecule has 0 N–H and O–H groups in total. The highest BCUT2D eigenvalue weighted by Crippen LogP contribution is 2.53. The molecule has 2 nitrogen and oxygen atoms in total. The maximum Gasteiger partial charge on any atom is 0.312 e. The first kappa shape index (κ1) is 16.5. The largest absolute Gasteiger partial charge is 0.460 e. The number of thioether (sulfide) groups is 4. The lowest BCUT2D eigenvalue weighted by Gasteiger charge is -2.24. The first-order valence-electron chi connectivity index (χ1n) is 6.52. The molecule has 0 amide bonds. The lowest BCUT2D eigenvalue weighted by Crippen LogP contribution is -2.28. The van der Waals surface area contributed by atoms with Crippen LogP contribution < -0.4 is 0 Å². The number of ether oxygens (including phenoxy) is 1. The number of rotatable bonds is 5. The second kappa shape index (κ2) is 7.38. The zero-order chi connectivity index (χ0) is 14.6. The summed E-state index contributed by atoms with van der Waals surface area (Å²) < 4.78 is 8.11. The molecule has 2 aliphatic heterocycles. The fraction of sp³-hybridized carbons (Fsp3) is 0.500. The molecule has 0 saturated heterocycles. The number of hydrogen-bond donors (Lipinski definition) is 0. The molecule has 2 rings (SSSR count). The van der Waals surface area contributed by atoms with E-state index in [0.717, 1.165) is 17.7 Å². The Balaban J connectivity index is 1.84. The van der Waals surface area contributed by atoms with E-state index in [2.05, 4.69) is 16.2 Å². The molecule has 2 heterocycles. The zero-order valence-corrected chi connectivity index (χ0v) is 15.1. The van der Waals surface area contributed by atoms with Gasteiger partial charge in [-0.2, -0.15) is 0 Å². The van der Waals surface area contributed by atoms with Crippen molar-refractivity contribution in [2.24, 2.45) is 5.41 Å². The van der Waals surface area contributed by atoms with Crippen molar-refractivity contribution in [2.45, 2.75) is 33.6 Å². The Labute approximate surface area is 137 Å². The Hall–Kier alpha value is 0.0900. The number of carbonyl (C=O) groups excluding carboxylic acids is 1. The van der Waals surface area contributed by atoms with Gasteiger partial charge in [-0.3, -0.25) is 4.79 Å². The normalized spacial score (nSPS) is 18.6. The van der Waals surface area contributed by atoms with E-state index in [1.54, 1.807) is 47.0 Å². The lowest BCUT2D eigenvalue weighted by molar-refractivity contribution is -0.154. The minimum absolute atomic E-state index is 0.0820. The second-order valence-corrected chi connectivity index (χ2v) is 9.10. The van der Waals surface area contributed by atoms with Crippen LogP contribution in [-0.2, 0) is 9.53 Å². The van der Waals surface area contributed by atoms with Gasteiger partial charge >= 0.3 is 5.97 Å². The highest BCUT2D eigenvalue weighted by Gasteiger charge is 2.31. The molecule has 0 fully saturated rings. The van der Waals surface area contributed by atoms with Crippen molar-refractivity contribution in [1.82, 2.24) is 0 Å².